The minimum absolute atomic E-state index is 0.116. The Morgan fingerprint density at radius 2 is 1.78 bits per heavy atom. The molecule has 0 saturated heterocycles. The second kappa shape index (κ2) is 6.99. The molecule has 3 N–H and O–H groups in total. The van der Waals surface area contributed by atoms with Crippen molar-refractivity contribution in [3.8, 4) is 0 Å². The van der Waals surface area contributed by atoms with Gasteiger partial charge in [0, 0.05) is 12.7 Å². The summed E-state index contributed by atoms with van der Waals surface area (Å²) in [5.74, 6) is 0. The molecule has 1 rings (SSSR count). The van der Waals surface area contributed by atoms with Crippen molar-refractivity contribution in [1.29, 1.82) is 0 Å². The van der Waals surface area contributed by atoms with E-state index in [0.717, 1.165) is 0 Å². The van der Waals surface area contributed by atoms with Crippen LogP contribution in [0.15, 0.2) is 12.5 Å². The van der Waals surface area contributed by atoms with Crippen LogP contribution < -0.4 is 11.1 Å². The van der Waals surface area contributed by atoms with E-state index in [4.69, 9.17) is 15.2 Å². The molecule has 0 aromatic carbocycles. The first kappa shape index (κ1) is 19.0. The van der Waals surface area contributed by atoms with Crippen LogP contribution in [0.1, 0.15) is 53.3 Å². The van der Waals surface area contributed by atoms with E-state index < -0.39 is 29.4 Å². The number of nitrogens with one attached hydrogen (secondary N) is 1. The van der Waals surface area contributed by atoms with Gasteiger partial charge in [0.25, 0.3) is 0 Å². The topological polar surface area (TPSA) is 108 Å². The quantitative estimate of drug-likeness (QED) is 0.881. The van der Waals surface area contributed by atoms with Gasteiger partial charge in [-0.2, -0.15) is 0 Å². The lowest BCUT2D eigenvalue weighted by molar-refractivity contribution is 0.0503. The fourth-order valence-electron chi connectivity index (χ4n) is 1.64. The zero-order chi connectivity index (χ0) is 17.8. The van der Waals surface area contributed by atoms with Gasteiger partial charge in [-0.15, -0.1) is 0 Å². The molecule has 0 spiro atoms. The van der Waals surface area contributed by atoms with E-state index >= 15 is 0 Å². The molecular weight excluding hydrogens is 300 g/mol. The van der Waals surface area contributed by atoms with Gasteiger partial charge in [0.2, 0.25) is 0 Å². The molecule has 0 radical (unpaired) electrons. The van der Waals surface area contributed by atoms with Gasteiger partial charge in [-0.25, -0.2) is 19.1 Å². The van der Waals surface area contributed by atoms with Gasteiger partial charge in [-0.1, -0.05) is 0 Å². The van der Waals surface area contributed by atoms with Gasteiger partial charge in [-0.05, 0) is 41.5 Å². The number of ether oxygens (including phenoxy) is 2. The van der Waals surface area contributed by atoms with Crippen molar-refractivity contribution in [3.05, 3.63) is 18.2 Å². The van der Waals surface area contributed by atoms with Crippen LogP contribution in [0.3, 0.4) is 0 Å². The molecular formula is C15H26N4O4. The first-order valence-electron chi connectivity index (χ1n) is 7.38. The number of rotatable bonds is 3. The van der Waals surface area contributed by atoms with Crippen LogP contribution in [0, 0.1) is 0 Å². The van der Waals surface area contributed by atoms with Gasteiger partial charge in [-0.3, -0.25) is 0 Å². The molecule has 0 aliphatic carbocycles. The number of carbonyl (C=O) groups is 2. The first-order valence-corrected chi connectivity index (χ1v) is 7.38. The highest BCUT2D eigenvalue weighted by molar-refractivity contribution is 5.71. The number of hydrogen-bond acceptors (Lipinski definition) is 6. The van der Waals surface area contributed by atoms with Crippen LogP contribution in [0.4, 0.5) is 9.59 Å². The Kier molecular flexibility index (Phi) is 5.76. The van der Waals surface area contributed by atoms with Crippen LogP contribution in [0.5, 0.6) is 0 Å². The molecule has 1 atom stereocenters. The maximum absolute atomic E-state index is 12.0. The van der Waals surface area contributed by atoms with Crippen molar-refractivity contribution < 1.29 is 19.1 Å². The molecule has 0 aliphatic heterocycles. The minimum atomic E-state index is -0.612. The maximum Gasteiger partial charge on any atom is 0.419 e. The molecule has 0 saturated carbocycles. The third kappa shape index (κ3) is 6.68. The summed E-state index contributed by atoms with van der Waals surface area (Å²) in [6.07, 6.45) is 1.65. The van der Waals surface area contributed by atoms with Crippen molar-refractivity contribution in [2.75, 3.05) is 6.54 Å². The zero-order valence-electron chi connectivity index (χ0n) is 14.5. The van der Waals surface area contributed by atoms with E-state index in [-0.39, 0.29) is 6.54 Å². The zero-order valence-corrected chi connectivity index (χ0v) is 14.5. The normalized spacial score (nSPS) is 13.3. The highest BCUT2D eigenvalue weighted by atomic mass is 16.6. The summed E-state index contributed by atoms with van der Waals surface area (Å²) in [6.45, 7) is 10.7. The molecule has 1 aromatic rings. The highest BCUT2D eigenvalue weighted by Crippen LogP contribution is 2.14. The number of nitrogens with two attached hydrogens (primary N) is 1. The standard InChI is InChI=1S/C15H26N4O4/c1-14(2,3)22-12(20)18-10(7-16)11-8-19(9-17-11)13(21)23-15(4,5)6/h8-10H,7,16H2,1-6H3,(H,18,20). The number of imidazole rings is 1. The van der Waals surface area contributed by atoms with Gasteiger partial charge >= 0.3 is 12.2 Å². The smallest absolute Gasteiger partial charge is 0.419 e. The molecule has 8 nitrogen and oxygen atoms in total. The summed E-state index contributed by atoms with van der Waals surface area (Å²) in [5, 5.41) is 2.63. The monoisotopic (exact) mass is 326 g/mol. The number of nitrogens with zero attached hydrogens (tertiary/aromatic N) is 2. The molecule has 1 amide bonds. The van der Waals surface area contributed by atoms with Crippen molar-refractivity contribution in [3.63, 3.8) is 0 Å². The van der Waals surface area contributed by atoms with Crippen LogP contribution >= 0.6 is 0 Å². The average molecular weight is 326 g/mol. The maximum atomic E-state index is 12.0. The number of aromatic nitrogens is 2. The number of alkyl carbamates (subject to hydrolysis) is 1. The SMILES string of the molecule is CC(C)(C)OC(=O)NC(CN)c1cn(C(=O)OC(C)(C)C)cn1. The number of hydrogen-bond donors (Lipinski definition) is 2. The Morgan fingerprint density at radius 3 is 2.26 bits per heavy atom. The van der Waals surface area contributed by atoms with Gasteiger partial charge < -0.3 is 20.5 Å². The lowest BCUT2D eigenvalue weighted by Crippen LogP contribution is -2.38. The van der Waals surface area contributed by atoms with Crippen LogP contribution in [-0.4, -0.2) is 39.5 Å². The summed E-state index contributed by atoms with van der Waals surface area (Å²) < 4.78 is 11.6. The van der Waals surface area contributed by atoms with Crippen LogP contribution in [0.2, 0.25) is 0 Å². The Morgan fingerprint density at radius 1 is 1.22 bits per heavy atom. The van der Waals surface area contributed by atoms with E-state index in [1.54, 1.807) is 41.5 Å². The Bertz CT molecular complexity index is 555. The molecule has 23 heavy (non-hydrogen) atoms. The second-order valence-electron chi connectivity index (χ2n) is 7.12. The van der Waals surface area contributed by atoms with Crippen LogP contribution in [0.25, 0.3) is 0 Å². The molecule has 1 heterocycles. The molecule has 0 aliphatic rings. The van der Waals surface area contributed by atoms with Crippen molar-refractivity contribution in [2.45, 2.75) is 58.8 Å². The summed E-state index contributed by atoms with van der Waals surface area (Å²) in [5.41, 5.74) is 4.90. The number of carbonyl (C=O) groups excluding carboxylic acids is 2. The van der Waals surface area contributed by atoms with Crippen molar-refractivity contribution in [2.24, 2.45) is 5.73 Å². The lowest BCUT2D eigenvalue weighted by atomic mass is 10.2. The Hall–Kier alpha value is -2.09. The summed E-state index contributed by atoms with van der Waals surface area (Å²) in [4.78, 5) is 27.9. The summed E-state index contributed by atoms with van der Waals surface area (Å²) >= 11 is 0. The van der Waals surface area contributed by atoms with Crippen molar-refractivity contribution >= 4 is 12.2 Å². The fourth-order valence-corrected chi connectivity index (χ4v) is 1.64. The summed E-state index contributed by atoms with van der Waals surface area (Å²) in [7, 11) is 0. The highest BCUT2D eigenvalue weighted by Gasteiger charge is 2.23. The average Bonchev–Trinajstić information content (AvgIpc) is 2.81. The lowest BCUT2D eigenvalue weighted by Gasteiger charge is -2.22. The largest absolute Gasteiger partial charge is 0.444 e. The second-order valence-corrected chi connectivity index (χ2v) is 7.12. The van der Waals surface area contributed by atoms with Crippen LogP contribution in [-0.2, 0) is 9.47 Å². The molecule has 1 aromatic heterocycles. The Balaban J connectivity index is 2.77. The van der Waals surface area contributed by atoms with E-state index in [1.807, 2.05) is 0 Å². The molecule has 8 heteroatoms. The van der Waals surface area contributed by atoms with E-state index in [2.05, 4.69) is 10.3 Å². The number of amides is 1. The molecule has 130 valence electrons. The predicted molar refractivity (Wildman–Crippen MR) is 85.0 cm³/mol. The van der Waals surface area contributed by atoms with Gasteiger partial charge in [0.1, 0.15) is 17.5 Å². The predicted octanol–water partition coefficient (Wildman–Crippen LogP) is 2.19. The van der Waals surface area contributed by atoms with E-state index in [9.17, 15) is 9.59 Å². The van der Waals surface area contributed by atoms with E-state index in [0.29, 0.717) is 5.69 Å². The molecule has 0 fully saturated rings. The minimum Gasteiger partial charge on any atom is -0.444 e. The summed E-state index contributed by atoms with van der Waals surface area (Å²) in [6, 6.07) is -0.562. The fraction of sp³-hybridized carbons (Fsp3) is 0.667. The van der Waals surface area contributed by atoms with Gasteiger partial charge in [0.15, 0.2) is 0 Å². The van der Waals surface area contributed by atoms with Crippen molar-refractivity contribution in [1.82, 2.24) is 14.9 Å². The third-order valence-electron chi connectivity index (χ3n) is 2.49. The molecule has 0 bridgehead atoms. The third-order valence-corrected chi connectivity index (χ3v) is 2.49. The van der Waals surface area contributed by atoms with Gasteiger partial charge in [0.05, 0.1) is 11.7 Å². The molecule has 1 unspecified atom stereocenters. The first-order chi connectivity index (χ1) is 10.4. The van der Waals surface area contributed by atoms with E-state index in [1.165, 1.54) is 17.1 Å². The Labute approximate surface area is 136 Å².